The fourth-order valence-corrected chi connectivity index (χ4v) is 2.50. The van der Waals surface area contributed by atoms with Crippen molar-refractivity contribution >= 4 is 28.4 Å². The molecule has 122 valence electrons. The van der Waals surface area contributed by atoms with Gasteiger partial charge in [0.15, 0.2) is 0 Å². The van der Waals surface area contributed by atoms with E-state index in [-0.39, 0.29) is 11.0 Å². The van der Waals surface area contributed by atoms with Gasteiger partial charge in [-0.05, 0) is 35.9 Å². The normalized spacial score (nSPS) is 10.6. The number of pyridine rings is 1. The highest BCUT2D eigenvalue weighted by Gasteiger charge is 2.13. The van der Waals surface area contributed by atoms with Crippen LogP contribution in [0.25, 0.3) is 10.9 Å². The molecule has 24 heavy (non-hydrogen) atoms. The molecule has 3 aromatic rings. The Morgan fingerprint density at radius 3 is 2.67 bits per heavy atom. The molecule has 1 aromatic heterocycles. The van der Waals surface area contributed by atoms with Gasteiger partial charge < -0.3 is 15.0 Å². The molecule has 5 nitrogen and oxygen atoms in total. The van der Waals surface area contributed by atoms with Crippen molar-refractivity contribution in [2.45, 2.75) is 6.54 Å². The second-order valence-electron chi connectivity index (χ2n) is 5.25. The van der Waals surface area contributed by atoms with Crippen molar-refractivity contribution in [2.24, 2.45) is 0 Å². The van der Waals surface area contributed by atoms with Crippen LogP contribution in [0.3, 0.4) is 0 Å². The van der Waals surface area contributed by atoms with Gasteiger partial charge in [0.05, 0.1) is 7.11 Å². The zero-order valence-corrected chi connectivity index (χ0v) is 13.7. The largest absolute Gasteiger partial charge is 0.497 e. The predicted octanol–water partition coefficient (Wildman–Crippen LogP) is 3.12. The summed E-state index contributed by atoms with van der Waals surface area (Å²) in [6, 6.07) is 12.2. The van der Waals surface area contributed by atoms with Crippen LogP contribution in [0.1, 0.15) is 15.9 Å². The molecule has 0 saturated heterocycles. The van der Waals surface area contributed by atoms with E-state index in [9.17, 15) is 9.59 Å². The summed E-state index contributed by atoms with van der Waals surface area (Å²) in [6.07, 6.45) is 1.42. The van der Waals surface area contributed by atoms with E-state index in [1.165, 1.54) is 13.3 Å². The molecule has 6 heteroatoms. The van der Waals surface area contributed by atoms with E-state index >= 15 is 0 Å². The topological polar surface area (TPSA) is 71.2 Å². The minimum absolute atomic E-state index is 0.0599. The number of hydrogen-bond acceptors (Lipinski definition) is 3. The number of H-pyrrole nitrogens is 1. The molecule has 0 atom stereocenters. The van der Waals surface area contributed by atoms with Gasteiger partial charge in [0, 0.05) is 28.7 Å². The summed E-state index contributed by atoms with van der Waals surface area (Å²) in [5.74, 6) is 0.127. The van der Waals surface area contributed by atoms with E-state index in [2.05, 4.69) is 10.3 Å². The zero-order valence-electron chi connectivity index (χ0n) is 12.9. The lowest BCUT2D eigenvalue weighted by Gasteiger charge is -2.07. The lowest BCUT2D eigenvalue weighted by atomic mass is 10.1. The van der Waals surface area contributed by atoms with Crippen molar-refractivity contribution in [1.82, 2.24) is 10.3 Å². The van der Waals surface area contributed by atoms with Crippen LogP contribution < -0.4 is 15.5 Å². The first kappa shape index (κ1) is 16.1. The average molecular weight is 343 g/mol. The van der Waals surface area contributed by atoms with Crippen molar-refractivity contribution in [3.8, 4) is 5.75 Å². The Balaban J connectivity index is 1.85. The Morgan fingerprint density at radius 2 is 1.96 bits per heavy atom. The van der Waals surface area contributed by atoms with Crippen molar-refractivity contribution < 1.29 is 9.53 Å². The van der Waals surface area contributed by atoms with Crippen LogP contribution in [0, 0.1) is 0 Å². The molecule has 0 aliphatic heterocycles. The van der Waals surface area contributed by atoms with E-state index in [1.54, 1.807) is 30.3 Å². The number of aromatic nitrogens is 1. The highest BCUT2D eigenvalue weighted by atomic mass is 35.5. The van der Waals surface area contributed by atoms with Gasteiger partial charge in [0.2, 0.25) is 5.43 Å². The Morgan fingerprint density at radius 1 is 1.21 bits per heavy atom. The van der Waals surface area contributed by atoms with Gasteiger partial charge >= 0.3 is 0 Å². The summed E-state index contributed by atoms with van der Waals surface area (Å²) in [5, 5.41) is 3.78. The first-order valence-electron chi connectivity index (χ1n) is 7.30. The van der Waals surface area contributed by atoms with E-state index in [0.717, 1.165) is 5.56 Å². The van der Waals surface area contributed by atoms with Gasteiger partial charge in [-0.3, -0.25) is 9.59 Å². The molecule has 1 heterocycles. The van der Waals surface area contributed by atoms with Crippen molar-refractivity contribution in [3.63, 3.8) is 0 Å². The van der Waals surface area contributed by atoms with E-state index in [4.69, 9.17) is 16.3 Å². The maximum absolute atomic E-state index is 12.5. The van der Waals surface area contributed by atoms with E-state index in [0.29, 0.717) is 28.2 Å². The standard InChI is InChI=1S/C18H15ClN2O3/c1-24-13-6-7-16-14(8-13)17(22)15(10-20-16)18(23)21-9-11-2-4-12(19)5-3-11/h2-8,10H,9H2,1H3,(H,20,22)(H,21,23). The van der Waals surface area contributed by atoms with Gasteiger partial charge in [0.25, 0.3) is 5.91 Å². The average Bonchev–Trinajstić information content (AvgIpc) is 2.61. The molecule has 0 fully saturated rings. The summed E-state index contributed by atoms with van der Waals surface area (Å²) in [5.41, 5.74) is 1.27. The number of carbonyl (C=O) groups is 1. The molecule has 0 radical (unpaired) electrons. The third-order valence-electron chi connectivity index (χ3n) is 3.70. The second-order valence-corrected chi connectivity index (χ2v) is 5.69. The van der Waals surface area contributed by atoms with Gasteiger partial charge in [0.1, 0.15) is 11.3 Å². The van der Waals surface area contributed by atoms with Gasteiger partial charge in [-0.25, -0.2) is 0 Å². The van der Waals surface area contributed by atoms with Crippen molar-refractivity contribution in [3.05, 3.63) is 75.0 Å². The van der Waals surface area contributed by atoms with Crippen LogP contribution in [0.15, 0.2) is 53.5 Å². The molecule has 0 bridgehead atoms. The van der Waals surface area contributed by atoms with E-state index < -0.39 is 5.91 Å². The number of carbonyl (C=O) groups excluding carboxylic acids is 1. The summed E-state index contributed by atoms with van der Waals surface area (Å²) in [4.78, 5) is 27.8. The number of hydrogen-bond donors (Lipinski definition) is 2. The molecule has 3 rings (SSSR count). The number of amides is 1. The van der Waals surface area contributed by atoms with Gasteiger partial charge in [-0.1, -0.05) is 23.7 Å². The molecule has 0 spiro atoms. The maximum atomic E-state index is 12.5. The molecule has 2 aromatic carbocycles. The Bertz CT molecular complexity index is 949. The fourth-order valence-electron chi connectivity index (χ4n) is 2.37. The van der Waals surface area contributed by atoms with Crippen molar-refractivity contribution in [1.29, 1.82) is 0 Å². The molecule has 1 amide bonds. The summed E-state index contributed by atoms with van der Waals surface area (Å²) < 4.78 is 5.13. The molecule has 0 saturated carbocycles. The first-order valence-corrected chi connectivity index (χ1v) is 7.68. The number of rotatable bonds is 4. The zero-order chi connectivity index (χ0) is 17.1. The van der Waals surface area contributed by atoms with Crippen molar-refractivity contribution in [2.75, 3.05) is 7.11 Å². The maximum Gasteiger partial charge on any atom is 0.257 e. The molecular formula is C18H15ClN2O3. The second kappa shape index (κ2) is 6.76. The minimum Gasteiger partial charge on any atom is -0.497 e. The van der Waals surface area contributed by atoms with Gasteiger partial charge in [-0.15, -0.1) is 0 Å². The predicted molar refractivity (Wildman–Crippen MR) is 93.7 cm³/mol. The van der Waals surface area contributed by atoms with Crippen LogP contribution in [0.2, 0.25) is 5.02 Å². The molecule has 0 unspecified atom stereocenters. The lowest BCUT2D eigenvalue weighted by Crippen LogP contribution is -2.28. The van der Waals surface area contributed by atoms with Crippen LogP contribution >= 0.6 is 11.6 Å². The highest BCUT2D eigenvalue weighted by Crippen LogP contribution is 2.16. The number of methoxy groups -OCH3 is 1. The minimum atomic E-state index is -0.434. The van der Waals surface area contributed by atoms with Crippen LogP contribution in [0.4, 0.5) is 0 Å². The van der Waals surface area contributed by atoms with Crippen LogP contribution in [-0.4, -0.2) is 18.0 Å². The summed E-state index contributed by atoms with van der Waals surface area (Å²) >= 11 is 5.83. The quantitative estimate of drug-likeness (QED) is 0.765. The Kier molecular flexibility index (Phi) is 4.53. The van der Waals surface area contributed by atoms with E-state index in [1.807, 2.05) is 12.1 Å². The number of fused-ring (bicyclic) bond motifs is 1. The SMILES string of the molecule is COc1ccc2[nH]cc(C(=O)NCc3ccc(Cl)cc3)c(=O)c2c1. The molecule has 2 N–H and O–H groups in total. The smallest absolute Gasteiger partial charge is 0.257 e. The number of ether oxygens (including phenoxy) is 1. The Labute approximate surface area is 143 Å². The van der Waals surface area contributed by atoms with Gasteiger partial charge in [-0.2, -0.15) is 0 Å². The number of aromatic amines is 1. The molecule has 0 aliphatic rings. The third kappa shape index (κ3) is 3.26. The van der Waals surface area contributed by atoms with Crippen LogP contribution in [-0.2, 0) is 6.54 Å². The highest BCUT2D eigenvalue weighted by molar-refractivity contribution is 6.30. The first-order chi connectivity index (χ1) is 11.6. The Hall–Kier alpha value is -2.79. The molecule has 0 aliphatic carbocycles. The monoisotopic (exact) mass is 342 g/mol. The summed E-state index contributed by atoms with van der Waals surface area (Å²) in [7, 11) is 1.53. The third-order valence-corrected chi connectivity index (χ3v) is 3.95. The molecular weight excluding hydrogens is 328 g/mol. The summed E-state index contributed by atoms with van der Waals surface area (Å²) in [6.45, 7) is 0.311. The fraction of sp³-hybridized carbons (Fsp3) is 0.111. The van der Waals surface area contributed by atoms with Crippen LogP contribution in [0.5, 0.6) is 5.75 Å². The number of benzene rings is 2. The number of nitrogens with one attached hydrogen (secondary N) is 2. The lowest BCUT2D eigenvalue weighted by molar-refractivity contribution is 0.0949. The number of halogens is 1.